The standard InChI is InChI=1S/C10H18O4/c1-4-13-7-9(3)14-6-5-8(2)10(11)12/h5,9H,4,6-7H2,1-3H3,(H,11,12)/b8-5-. The number of ether oxygens (including phenoxy) is 2. The molecule has 0 aromatic carbocycles. The topological polar surface area (TPSA) is 55.8 Å². The Morgan fingerprint density at radius 2 is 2.21 bits per heavy atom. The molecule has 0 aliphatic carbocycles. The van der Waals surface area contributed by atoms with Crippen LogP contribution in [0.4, 0.5) is 0 Å². The minimum Gasteiger partial charge on any atom is -0.478 e. The fourth-order valence-electron chi connectivity index (χ4n) is 0.757. The van der Waals surface area contributed by atoms with Crippen molar-refractivity contribution in [3.63, 3.8) is 0 Å². The van der Waals surface area contributed by atoms with Gasteiger partial charge in [0.25, 0.3) is 0 Å². The third-order valence-corrected chi connectivity index (χ3v) is 1.66. The van der Waals surface area contributed by atoms with Crippen molar-refractivity contribution in [3.05, 3.63) is 11.6 Å². The molecule has 0 aliphatic heterocycles. The highest BCUT2D eigenvalue weighted by atomic mass is 16.5. The maximum atomic E-state index is 10.4. The Kier molecular flexibility index (Phi) is 7.06. The smallest absolute Gasteiger partial charge is 0.331 e. The molecule has 0 fully saturated rings. The molecule has 1 atom stereocenters. The average Bonchev–Trinajstić information content (AvgIpc) is 2.14. The second-order valence-corrected chi connectivity index (χ2v) is 3.00. The molecule has 0 aliphatic rings. The highest BCUT2D eigenvalue weighted by molar-refractivity contribution is 5.85. The van der Waals surface area contributed by atoms with E-state index in [2.05, 4.69) is 0 Å². The van der Waals surface area contributed by atoms with Crippen LogP contribution in [0.2, 0.25) is 0 Å². The number of carboxylic acid groups (broad SMARTS) is 1. The van der Waals surface area contributed by atoms with Crippen molar-refractivity contribution in [2.75, 3.05) is 19.8 Å². The van der Waals surface area contributed by atoms with Gasteiger partial charge in [-0.1, -0.05) is 0 Å². The molecule has 1 N–H and O–H groups in total. The van der Waals surface area contributed by atoms with Crippen LogP contribution in [-0.2, 0) is 14.3 Å². The number of hydrogen-bond donors (Lipinski definition) is 1. The van der Waals surface area contributed by atoms with Crippen molar-refractivity contribution in [2.45, 2.75) is 26.9 Å². The van der Waals surface area contributed by atoms with Gasteiger partial charge in [0, 0.05) is 12.2 Å². The van der Waals surface area contributed by atoms with Crippen molar-refractivity contribution in [2.24, 2.45) is 0 Å². The molecular formula is C10H18O4. The largest absolute Gasteiger partial charge is 0.478 e. The zero-order valence-corrected chi connectivity index (χ0v) is 8.95. The number of hydrogen-bond acceptors (Lipinski definition) is 3. The molecule has 0 aromatic heterocycles. The summed E-state index contributed by atoms with van der Waals surface area (Å²) in [5.41, 5.74) is 0.300. The van der Waals surface area contributed by atoms with E-state index in [9.17, 15) is 4.79 Å². The first kappa shape index (κ1) is 13.1. The Bertz CT molecular complexity index is 198. The minimum atomic E-state index is -0.911. The van der Waals surface area contributed by atoms with Gasteiger partial charge in [-0.15, -0.1) is 0 Å². The highest BCUT2D eigenvalue weighted by Crippen LogP contribution is 1.96. The van der Waals surface area contributed by atoms with Crippen molar-refractivity contribution in [1.29, 1.82) is 0 Å². The van der Waals surface area contributed by atoms with E-state index in [4.69, 9.17) is 14.6 Å². The Morgan fingerprint density at radius 1 is 1.57 bits per heavy atom. The van der Waals surface area contributed by atoms with Gasteiger partial charge in [-0.25, -0.2) is 4.79 Å². The van der Waals surface area contributed by atoms with E-state index in [1.54, 1.807) is 13.0 Å². The summed E-state index contributed by atoms with van der Waals surface area (Å²) in [6.07, 6.45) is 1.54. The molecule has 0 radical (unpaired) electrons. The molecule has 4 nitrogen and oxygen atoms in total. The van der Waals surface area contributed by atoms with Gasteiger partial charge in [-0.2, -0.15) is 0 Å². The SMILES string of the molecule is CCOCC(C)OC/C=C(/C)C(=O)O. The molecule has 0 heterocycles. The third kappa shape index (κ3) is 6.62. The first-order valence-electron chi connectivity index (χ1n) is 4.67. The summed E-state index contributed by atoms with van der Waals surface area (Å²) < 4.78 is 10.4. The van der Waals surface area contributed by atoms with Crippen molar-refractivity contribution in [1.82, 2.24) is 0 Å². The summed E-state index contributed by atoms with van der Waals surface area (Å²) in [6.45, 7) is 6.86. The Morgan fingerprint density at radius 3 is 2.71 bits per heavy atom. The van der Waals surface area contributed by atoms with Gasteiger partial charge in [0.05, 0.1) is 19.3 Å². The lowest BCUT2D eigenvalue weighted by molar-refractivity contribution is -0.132. The van der Waals surface area contributed by atoms with E-state index in [1.807, 2.05) is 13.8 Å². The minimum absolute atomic E-state index is 0.00667. The number of carbonyl (C=O) groups is 1. The van der Waals surface area contributed by atoms with Crippen LogP contribution in [0, 0.1) is 0 Å². The van der Waals surface area contributed by atoms with Crippen LogP contribution in [-0.4, -0.2) is 37.0 Å². The highest BCUT2D eigenvalue weighted by Gasteiger charge is 2.02. The van der Waals surface area contributed by atoms with Crippen molar-refractivity contribution < 1.29 is 19.4 Å². The predicted octanol–water partition coefficient (Wildman–Crippen LogP) is 1.46. The molecule has 82 valence electrons. The number of aliphatic carboxylic acids is 1. The second-order valence-electron chi connectivity index (χ2n) is 3.00. The molecule has 4 heteroatoms. The van der Waals surface area contributed by atoms with Crippen molar-refractivity contribution in [3.8, 4) is 0 Å². The van der Waals surface area contributed by atoms with E-state index in [1.165, 1.54) is 0 Å². The van der Waals surface area contributed by atoms with Crippen LogP contribution in [0.25, 0.3) is 0 Å². The average molecular weight is 202 g/mol. The molecule has 0 bridgehead atoms. The van der Waals surface area contributed by atoms with Crippen molar-refractivity contribution >= 4 is 5.97 Å². The Balaban J connectivity index is 3.62. The zero-order chi connectivity index (χ0) is 11.0. The summed E-state index contributed by atoms with van der Waals surface area (Å²) in [4.78, 5) is 10.4. The van der Waals surface area contributed by atoms with Gasteiger partial charge in [-0.3, -0.25) is 0 Å². The monoisotopic (exact) mass is 202 g/mol. The molecular weight excluding hydrogens is 184 g/mol. The van der Waals surface area contributed by atoms with Crippen LogP contribution in [0.5, 0.6) is 0 Å². The van der Waals surface area contributed by atoms with Crippen LogP contribution in [0.3, 0.4) is 0 Å². The summed E-state index contributed by atoms with van der Waals surface area (Å²) in [7, 11) is 0. The molecule has 0 saturated carbocycles. The lowest BCUT2D eigenvalue weighted by Crippen LogP contribution is -2.16. The lowest BCUT2D eigenvalue weighted by Gasteiger charge is -2.10. The van der Waals surface area contributed by atoms with Gasteiger partial charge < -0.3 is 14.6 Å². The molecule has 0 amide bonds. The van der Waals surface area contributed by atoms with Crippen LogP contribution in [0.15, 0.2) is 11.6 Å². The van der Waals surface area contributed by atoms with E-state index < -0.39 is 5.97 Å². The summed E-state index contributed by atoms with van der Waals surface area (Å²) in [5.74, 6) is -0.911. The fourth-order valence-corrected chi connectivity index (χ4v) is 0.757. The van der Waals surface area contributed by atoms with Crippen LogP contribution in [0.1, 0.15) is 20.8 Å². The Hall–Kier alpha value is -0.870. The van der Waals surface area contributed by atoms with E-state index in [0.717, 1.165) is 0 Å². The van der Waals surface area contributed by atoms with E-state index in [0.29, 0.717) is 25.4 Å². The van der Waals surface area contributed by atoms with Gasteiger partial charge >= 0.3 is 5.97 Å². The molecule has 0 spiro atoms. The quantitative estimate of drug-likeness (QED) is 0.635. The maximum Gasteiger partial charge on any atom is 0.331 e. The molecule has 1 unspecified atom stereocenters. The van der Waals surface area contributed by atoms with E-state index in [-0.39, 0.29) is 6.10 Å². The van der Waals surface area contributed by atoms with Gasteiger partial charge in [0.2, 0.25) is 0 Å². The van der Waals surface area contributed by atoms with Gasteiger partial charge in [0.1, 0.15) is 0 Å². The second kappa shape index (κ2) is 7.53. The first-order chi connectivity index (χ1) is 6.57. The lowest BCUT2D eigenvalue weighted by atomic mass is 10.3. The molecule has 0 aromatic rings. The predicted molar refractivity (Wildman–Crippen MR) is 53.3 cm³/mol. The summed E-state index contributed by atoms with van der Waals surface area (Å²) >= 11 is 0. The normalized spacial score (nSPS) is 14.1. The molecule has 14 heavy (non-hydrogen) atoms. The first-order valence-corrected chi connectivity index (χ1v) is 4.67. The zero-order valence-electron chi connectivity index (χ0n) is 8.95. The summed E-state index contributed by atoms with van der Waals surface area (Å²) in [6, 6.07) is 0. The van der Waals surface area contributed by atoms with Crippen LogP contribution < -0.4 is 0 Å². The van der Waals surface area contributed by atoms with Gasteiger partial charge in [0.15, 0.2) is 0 Å². The fraction of sp³-hybridized carbons (Fsp3) is 0.700. The van der Waals surface area contributed by atoms with E-state index >= 15 is 0 Å². The molecule has 0 saturated heterocycles. The molecule has 0 rings (SSSR count). The number of rotatable bonds is 7. The number of carboxylic acids is 1. The van der Waals surface area contributed by atoms with Crippen LogP contribution >= 0.6 is 0 Å². The third-order valence-electron chi connectivity index (χ3n) is 1.66. The van der Waals surface area contributed by atoms with Gasteiger partial charge in [-0.05, 0) is 26.8 Å². The maximum absolute atomic E-state index is 10.4. The Labute approximate surface area is 84.5 Å². The summed E-state index contributed by atoms with van der Waals surface area (Å²) in [5, 5.41) is 8.54.